The summed E-state index contributed by atoms with van der Waals surface area (Å²) in [5, 5.41) is 0. The minimum atomic E-state index is -4.69. The molecule has 1 saturated carbocycles. The normalized spacial score (nSPS) is 23.1. The molecule has 0 amide bonds. The van der Waals surface area contributed by atoms with Crippen LogP contribution >= 0.6 is 0 Å². The van der Waals surface area contributed by atoms with E-state index in [9.17, 15) is 22.4 Å². The first kappa shape index (κ1) is 18.2. The summed E-state index contributed by atoms with van der Waals surface area (Å²) in [4.78, 5) is 16.0. The monoisotopic (exact) mass is 358 g/mol. The van der Waals surface area contributed by atoms with Gasteiger partial charge in [0.1, 0.15) is 11.6 Å². The highest BCUT2D eigenvalue weighted by Gasteiger charge is 2.35. The Hall–Kier alpha value is -1.63. The largest absolute Gasteiger partial charge is 0.419 e. The number of hydrogen-bond acceptors (Lipinski definition) is 3. The van der Waals surface area contributed by atoms with Gasteiger partial charge in [-0.1, -0.05) is 6.42 Å². The topological polar surface area (TPSA) is 23.6 Å². The Balaban J connectivity index is 1.60. The number of carbonyl (C=O) groups is 1. The Bertz CT molecular complexity index is 624. The van der Waals surface area contributed by atoms with E-state index in [0.29, 0.717) is 44.1 Å². The number of ketones is 1. The molecule has 1 aromatic carbocycles. The number of benzene rings is 1. The van der Waals surface area contributed by atoms with Gasteiger partial charge >= 0.3 is 6.18 Å². The number of rotatable bonds is 3. The average Bonchev–Trinajstić information content (AvgIpc) is 2.57. The number of anilines is 1. The zero-order chi connectivity index (χ0) is 18.0. The third-order valence-corrected chi connectivity index (χ3v) is 5.15. The van der Waals surface area contributed by atoms with Crippen molar-refractivity contribution in [1.29, 1.82) is 0 Å². The predicted octanol–water partition coefficient (Wildman–Crippen LogP) is 3.73. The Morgan fingerprint density at radius 3 is 2.44 bits per heavy atom. The van der Waals surface area contributed by atoms with E-state index in [0.717, 1.165) is 37.9 Å². The van der Waals surface area contributed by atoms with E-state index in [2.05, 4.69) is 4.90 Å². The molecule has 2 aliphatic rings. The maximum Gasteiger partial charge on any atom is 0.419 e. The van der Waals surface area contributed by atoms with E-state index in [1.54, 1.807) is 0 Å². The highest BCUT2D eigenvalue weighted by molar-refractivity contribution is 5.81. The van der Waals surface area contributed by atoms with Crippen LogP contribution in [-0.4, -0.2) is 43.4 Å². The number of carbonyl (C=O) groups excluding carboxylic acids is 1. The summed E-state index contributed by atoms with van der Waals surface area (Å²) < 4.78 is 52.0. The number of Topliss-reactive ketones (excluding diaryl/α,β-unsaturated/α-hetero) is 1. The summed E-state index contributed by atoms with van der Waals surface area (Å²) in [6.07, 6.45) is -1.02. The van der Waals surface area contributed by atoms with Crippen molar-refractivity contribution in [3.63, 3.8) is 0 Å². The van der Waals surface area contributed by atoms with Gasteiger partial charge in [0.15, 0.2) is 0 Å². The van der Waals surface area contributed by atoms with Gasteiger partial charge in [0.25, 0.3) is 0 Å². The summed E-state index contributed by atoms with van der Waals surface area (Å²) >= 11 is 0. The first-order valence-electron chi connectivity index (χ1n) is 8.71. The third kappa shape index (κ3) is 4.32. The van der Waals surface area contributed by atoms with Gasteiger partial charge in [0.05, 0.1) is 5.56 Å². The van der Waals surface area contributed by atoms with Crippen molar-refractivity contribution in [2.45, 2.75) is 31.9 Å². The van der Waals surface area contributed by atoms with Crippen LogP contribution in [0.5, 0.6) is 0 Å². The average molecular weight is 358 g/mol. The van der Waals surface area contributed by atoms with Crippen LogP contribution in [0.3, 0.4) is 0 Å². The number of nitrogens with zero attached hydrogens (tertiary/aromatic N) is 2. The molecule has 1 aromatic rings. The van der Waals surface area contributed by atoms with Gasteiger partial charge in [-0.3, -0.25) is 9.69 Å². The Labute approximate surface area is 144 Å². The van der Waals surface area contributed by atoms with Gasteiger partial charge in [0, 0.05) is 50.7 Å². The van der Waals surface area contributed by atoms with E-state index < -0.39 is 17.6 Å². The third-order valence-electron chi connectivity index (χ3n) is 5.15. The molecule has 1 atom stereocenters. The maximum atomic E-state index is 13.4. The molecule has 0 spiro atoms. The molecule has 1 heterocycles. The van der Waals surface area contributed by atoms with Crippen molar-refractivity contribution in [1.82, 2.24) is 4.90 Å². The second kappa shape index (κ2) is 7.32. The van der Waals surface area contributed by atoms with Crippen LogP contribution in [0.1, 0.15) is 31.2 Å². The molecular weight excluding hydrogens is 336 g/mol. The summed E-state index contributed by atoms with van der Waals surface area (Å²) in [5.74, 6) is -0.810. The van der Waals surface area contributed by atoms with Crippen LogP contribution in [-0.2, 0) is 11.0 Å². The van der Waals surface area contributed by atoms with Gasteiger partial charge in [-0.05, 0) is 31.0 Å². The molecule has 1 unspecified atom stereocenters. The molecule has 0 N–H and O–H groups in total. The lowest BCUT2D eigenvalue weighted by Crippen LogP contribution is -2.48. The van der Waals surface area contributed by atoms with Crippen molar-refractivity contribution in [2.24, 2.45) is 5.92 Å². The minimum Gasteiger partial charge on any atom is -0.369 e. The van der Waals surface area contributed by atoms with Crippen LogP contribution in [0.25, 0.3) is 0 Å². The molecule has 1 aliphatic heterocycles. The predicted molar refractivity (Wildman–Crippen MR) is 87.0 cm³/mol. The smallest absolute Gasteiger partial charge is 0.369 e. The number of piperazine rings is 1. The first-order chi connectivity index (χ1) is 11.8. The zero-order valence-corrected chi connectivity index (χ0v) is 14.0. The highest BCUT2D eigenvalue weighted by Crippen LogP contribution is 2.34. The lowest BCUT2D eigenvalue weighted by atomic mass is 9.87. The van der Waals surface area contributed by atoms with Crippen LogP contribution < -0.4 is 4.90 Å². The lowest BCUT2D eigenvalue weighted by molar-refractivity contribution is -0.140. The van der Waals surface area contributed by atoms with Gasteiger partial charge < -0.3 is 4.90 Å². The van der Waals surface area contributed by atoms with Crippen LogP contribution in [0, 0.1) is 11.7 Å². The summed E-state index contributed by atoms with van der Waals surface area (Å²) in [7, 11) is 0. The Morgan fingerprint density at radius 1 is 1.08 bits per heavy atom. The molecule has 7 heteroatoms. The van der Waals surface area contributed by atoms with E-state index >= 15 is 0 Å². The fourth-order valence-corrected chi connectivity index (χ4v) is 3.68. The highest BCUT2D eigenvalue weighted by atomic mass is 19.4. The fraction of sp³-hybridized carbons (Fsp3) is 0.611. The minimum absolute atomic E-state index is 0.1000. The van der Waals surface area contributed by atoms with Crippen LogP contribution in [0.15, 0.2) is 18.2 Å². The molecule has 0 aromatic heterocycles. The molecule has 0 bridgehead atoms. The first-order valence-corrected chi connectivity index (χ1v) is 8.71. The number of hydrogen-bond donors (Lipinski definition) is 0. The lowest BCUT2D eigenvalue weighted by Gasteiger charge is -2.38. The molecule has 138 valence electrons. The molecule has 1 aliphatic carbocycles. The van der Waals surface area contributed by atoms with Crippen molar-refractivity contribution in [3.8, 4) is 0 Å². The van der Waals surface area contributed by atoms with Crippen LogP contribution in [0.2, 0.25) is 0 Å². The standard InChI is InChI=1S/C18H22F4N2O/c19-16-6-5-14(11-15(16)18(20,21)22)24-9-7-23(8-10-24)12-13-3-1-2-4-17(13)25/h5-6,11,13H,1-4,7-10,12H2. The van der Waals surface area contributed by atoms with Gasteiger partial charge in [-0.25, -0.2) is 4.39 Å². The SMILES string of the molecule is O=C1CCCCC1CN1CCN(c2ccc(F)c(C(F)(F)F)c2)CC1. The van der Waals surface area contributed by atoms with E-state index in [1.807, 2.05) is 4.90 Å². The molecule has 3 nitrogen and oxygen atoms in total. The Kier molecular flexibility index (Phi) is 5.32. The Morgan fingerprint density at radius 2 is 1.80 bits per heavy atom. The number of alkyl halides is 3. The maximum absolute atomic E-state index is 13.4. The molecule has 25 heavy (non-hydrogen) atoms. The van der Waals surface area contributed by atoms with E-state index in [4.69, 9.17) is 0 Å². The van der Waals surface area contributed by atoms with E-state index in [-0.39, 0.29) is 5.92 Å². The molecule has 3 rings (SSSR count). The molecule has 0 radical (unpaired) electrons. The van der Waals surface area contributed by atoms with Crippen molar-refractivity contribution < 1.29 is 22.4 Å². The molecule has 1 saturated heterocycles. The van der Waals surface area contributed by atoms with Crippen molar-refractivity contribution in [3.05, 3.63) is 29.6 Å². The van der Waals surface area contributed by atoms with Crippen molar-refractivity contribution in [2.75, 3.05) is 37.6 Å². The van der Waals surface area contributed by atoms with Crippen molar-refractivity contribution >= 4 is 11.5 Å². The van der Waals surface area contributed by atoms with Crippen LogP contribution in [0.4, 0.5) is 23.2 Å². The second-order valence-electron chi connectivity index (χ2n) is 6.86. The molecule has 2 fully saturated rings. The molecular formula is C18H22F4N2O. The van der Waals surface area contributed by atoms with Gasteiger partial charge in [0.2, 0.25) is 0 Å². The second-order valence-corrected chi connectivity index (χ2v) is 6.86. The summed E-state index contributed by atoms with van der Waals surface area (Å²) in [6, 6.07) is 3.16. The quantitative estimate of drug-likeness (QED) is 0.770. The number of halogens is 4. The zero-order valence-electron chi connectivity index (χ0n) is 14.0. The summed E-state index contributed by atoms with van der Waals surface area (Å²) in [6.45, 7) is 3.28. The van der Waals surface area contributed by atoms with Gasteiger partial charge in [-0.2, -0.15) is 13.2 Å². The summed E-state index contributed by atoms with van der Waals surface area (Å²) in [5.41, 5.74) is -0.831. The van der Waals surface area contributed by atoms with Gasteiger partial charge in [-0.15, -0.1) is 0 Å². The fourth-order valence-electron chi connectivity index (χ4n) is 3.68. The van der Waals surface area contributed by atoms with E-state index in [1.165, 1.54) is 6.07 Å².